The molecule has 3 heteroatoms. The number of hydrogen-bond acceptors (Lipinski definition) is 2. The van der Waals surface area contributed by atoms with Crippen molar-refractivity contribution in [1.82, 2.24) is 5.32 Å². The van der Waals surface area contributed by atoms with E-state index in [-0.39, 0.29) is 6.04 Å². The third-order valence-corrected chi connectivity index (χ3v) is 2.35. The molecule has 0 aliphatic heterocycles. The molecule has 0 saturated heterocycles. The molecular formula is C9H19NO2. The lowest BCUT2D eigenvalue weighted by Gasteiger charge is -2.29. The highest BCUT2D eigenvalue weighted by atomic mass is 16.4. The fraction of sp³-hybridized carbons (Fsp3) is 0.889. The molecule has 0 aliphatic rings. The van der Waals surface area contributed by atoms with E-state index in [4.69, 9.17) is 5.11 Å². The first-order valence-corrected chi connectivity index (χ1v) is 4.37. The Bertz CT molecular complexity index is 155. The van der Waals surface area contributed by atoms with Crippen LogP contribution in [0.3, 0.4) is 0 Å². The van der Waals surface area contributed by atoms with Crippen molar-refractivity contribution in [3.63, 3.8) is 0 Å². The van der Waals surface area contributed by atoms with E-state index >= 15 is 0 Å². The molecule has 12 heavy (non-hydrogen) atoms. The summed E-state index contributed by atoms with van der Waals surface area (Å²) < 4.78 is 0. The van der Waals surface area contributed by atoms with Crippen molar-refractivity contribution in [3.05, 3.63) is 0 Å². The van der Waals surface area contributed by atoms with Crippen molar-refractivity contribution in [2.75, 3.05) is 7.05 Å². The van der Waals surface area contributed by atoms with E-state index < -0.39 is 11.4 Å². The first-order chi connectivity index (χ1) is 5.46. The number of hydrogen-bond donors (Lipinski definition) is 2. The summed E-state index contributed by atoms with van der Waals surface area (Å²) in [6.45, 7) is 5.57. The van der Waals surface area contributed by atoms with Gasteiger partial charge < -0.3 is 10.4 Å². The van der Waals surface area contributed by atoms with Gasteiger partial charge >= 0.3 is 5.97 Å². The Morgan fingerprint density at radius 1 is 1.58 bits per heavy atom. The molecule has 0 fully saturated rings. The monoisotopic (exact) mass is 173 g/mol. The maximum absolute atomic E-state index is 10.9. The first-order valence-electron chi connectivity index (χ1n) is 4.37. The maximum atomic E-state index is 10.9. The highest BCUT2D eigenvalue weighted by Crippen LogP contribution is 2.23. The highest BCUT2D eigenvalue weighted by molar-refractivity contribution is 5.74. The quantitative estimate of drug-likeness (QED) is 0.662. The van der Waals surface area contributed by atoms with Gasteiger partial charge in [-0.05, 0) is 27.3 Å². The van der Waals surface area contributed by atoms with Gasteiger partial charge in [-0.15, -0.1) is 0 Å². The zero-order chi connectivity index (χ0) is 9.78. The molecule has 0 aromatic heterocycles. The third kappa shape index (κ3) is 2.48. The summed E-state index contributed by atoms with van der Waals surface area (Å²) in [7, 11) is 1.81. The number of aliphatic carboxylic acids is 1. The minimum Gasteiger partial charge on any atom is -0.481 e. The summed E-state index contributed by atoms with van der Waals surface area (Å²) in [6.07, 6.45) is 1.90. The van der Waals surface area contributed by atoms with Crippen molar-refractivity contribution < 1.29 is 9.90 Å². The van der Waals surface area contributed by atoms with Gasteiger partial charge in [0.05, 0.1) is 5.41 Å². The lowest BCUT2D eigenvalue weighted by molar-refractivity contribution is -0.148. The van der Waals surface area contributed by atoms with Crippen LogP contribution in [0.15, 0.2) is 0 Å². The van der Waals surface area contributed by atoms with Crippen LogP contribution in [0.25, 0.3) is 0 Å². The van der Waals surface area contributed by atoms with Crippen LogP contribution in [0.1, 0.15) is 33.6 Å². The average Bonchev–Trinajstić information content (AvgIpc) is 1.99. The second kappa shape index (κ2) is 4.45. The third-order valence-electron chi connectivity index (χ3n) is 2.35. The predicted molar refractivity (Wildman–Crippen MR) is 49.2 cm³/mol. The molecule has 0 saturated carbocycles. The molecule has 0 radical (unpaired) electrons. The molecule has 0 rings (SSSR count). The molecule has 0 heterocycles. The summed E-state index contributed by atoms with van der Waals surface area (Å²) in [4.78, 5) is 10.9. The molecular weight excluding hydrogens is 154 g/mol. The zero-order valence-electron chi connectivity index (χ0n) is 8.35. The van der Waals surface area contributed by atoms with Gasteiger partial charge in [0.2, 0.25) is 0 Å². The molecule has 1 atom stereocenters. The van der Waals surface area contributed by atoms with Crippen molar-refractivity contribution >= 4 is 5.97 Å². The Morgan fingerprint density at radius 2 is 2.08 bits per heavy atom. The van der Waals surface area contributed by atoms with Gasteiger partial charge in [0.15, 0.2) is 0 Å². The van der Waals surface area contributed by atoms with Gasteiger partial charge in [0.1, 0.15) is 0 Å². The van der Waals surface area contributed by atoms with Gasteiger partial charge in [-0.1, -0.05) is 13.3 Å². The molecule has 0 spiro atoms. The topological polar surface area (TPSA) is 49.3 Å². The van der Waals surface area contributed by atoms with Gasteiger partial charge in [0, 0.05) is 6.04 Å². The van der Waals surface area contributed by atoms with Crippen LogP contribution in [0, 0.1) is 5.41 Å². The lowest BCUT2D eigenvalue weighted by Crippen LogP contribution is -2.45. The Balaban J connectivity index is 4.36. The molecule has 0 aromatic rings. The van der Waals surface area contributed by atoms with E-state index in [1.165, 1.54) is 0 Å². The van der Waals surface area contributed by atoms with Gasteiger partial charge in [-0.3, -0.25) is 4.79 Å². The minimum absolute atomic E-state index is 0.0556. The molecule has 3 nitrogen and oxygen atoms in total. The van der Waals surface area contributed by atoms with E-state index in [1.807, 2.05) is 7.05 Å². The van der Waals surface area contributed by atoms with Crippen LogP contribution in [0.2, 0.25) is 0 Å². The minimum atomic E-state index is -0.740. The summed E-state index contributed by atoms with van der Waals surface area (Å²) in [6, 6.07) is 0.0556. The maximum Gasteiger partial charge on any atom is 0.310 e. The normalized spacial score (nSPS) is 14.3. The number of carbonyl (C=O) groups is 1. The number of nitrogens with one attached hydrogen (secondary N) is 1. The van der Waals surface area contributed by atoms with E-state index in [0.717, 1.165) is 12.8 Å². The second-order valence-corrected chi connectivity index (χ2v) is 3.66. The van der Waals surface area contributed by atoms with E-state index in [2.05, 4.69) is 12.2 Å². The molecule has 0 aliphatic carbocycles. The van der Waals surface area contributed by atoms with Crippen LogP contribution in [0.5, 0.6) is 0 Å². The Kier molecular flexibility index (Phi) is 4.24. The number of carboxylic acids is 1. The summed E-state index contributed by atoms with van der Waals surface area (Å²) >= 11 is 0. The van der Waals surface area contributed by atoms with Crippen molar-refractivity contribution in [2.45, 2.75) is 39.7 Å². The van der Waals surface area contributed by atoms with Gasteiger partial charge in [-0.2, -0.15) is 0 Å². The van der Waals surface area contributed by atoms with Crippen LogP contribution in [0.4, 0.5) is 0 Å². The zero-order valence-corrected chi connectivity index (χ0v) is 8.35. The van der Waals surface area contributed by atoms with Crippen molar-refractivity contribution in [3.8, 4) is 0 Å². The highest BCUT2D eigenvalue weighted by Gasteiger charge is 2.34. The van der Waals surface area contributed by atoms with Crippen molar-refractivity contribution in [1.29, 1.82) is 0 Å². The Morgan fingerprint density at radius 3 is 2.33 bits per heavy atom. The largest absolute Gasteiger partial charge is 0.481 e. The molecule has 1 unspecified atom stereocenters. The molecule has 0 aromatic carbocycles. The number of rotatable bonds is 5. The fourth-order valence-corrected chi connectivity index (χ4v) is 1.30. The summed E-state index contributed by atoms with van der Waals surface area (Å²) in [5.74, 6) is -0.740. The Labute approximate surface area is 74.2 Å². The van der Waals surface area contributed by atoms with Gasteiger partial charge in [0.25, 0.3) is 0 Å². The molecule has 0 bridgehead atoms. The van der Waals surface area contributed by atoms with Gasteiger partial charge in [-0.25, -0.2) is 0 Å². The average molecular weight is 173 g/mol. The van der Waals surface area contributed by atoms with E-state index in [9.17, 15) is 4.79 Å². The van der Waals surface area contributed by atoms with E-state index in [0.29, 0.717) is 0 Å². The number of carboxylic acid groups (broad SMARTS) is 1. The summed E-state index contributed by atoms with van der Waals surface area (Å²) in [5, 5.41) is 12.0. The van der Waals surface area contributed by atoms with E-state index in [1.54, 1.807) is 13.8 Å². The van der Waals surface area contributed by atoms with Crippen LogP contribution >= 0.6 is 0 Å². The molecule has 0 amide bonds. The second-order valence-electron chi connectivity index (χ2n) is 3.66. The predicted octanol–water partition coefficient (Wildman–Crippen LogP) is 1.49. The molecule has 2 N–H and O–H groups in total. The summed E-state index contributed by atoms with van der Waals surface area (Å²) in [5.41, 5.74) is -0.676. The first kappa shape index (κ1) is 11.4. The lowest BCUT2D eigenvalue weighted by atomic mass is 9.82. The fourth-order valence-electron chi connectivity index (χ4n) is 1.30. The standard InChI is InChI=1S/C9H19NO2/c1-5-6-7(10-4)9(2,3)8(11)12/h7,10H,5-6H2,1-4H3,(H,11,12). The SMILES string of the molecule is CCCC(NC)C(C)(C)C(=O)O. The Hall–Kier alpha value is -0.570. The van der Waals surface area contributed by atoms with Crippen LogP contribution < -0.4 is 5.32 Å². The molecule has 72 valence electrons. The smallest absolute Gasteiger partial charge is 0.310 e. The van der Waals surface area contributed by atoms with Crippen LogP contribution in [-0.2, 0) is 4.79 Å². The van der Waals surface area contributed by atoms with Crippen LogP contribution in [-0.4, -0.2) is 24.2 Å². The van der Waals surface area contributed by atoms with Crippen molar-refractivity contribution in [2.24, 2.45) is 5.41 Å².